The molecule has 1 N–H and O–H groups in total. The highest BCUT2D eigenvalue weighted by molar-refractivity contribution is 7.89. The van der Waals surface area contributed by atoms with Crippen LogP contribution in [0.2, 0.25) is 0 Å². The van der Waals surface area contributed by atoms with Gasteiger partial charge in [-0.15, -0.1) is 6.42 Å². The average Bonchev–Trinajstić information content (AvgIpc) is 3.18. The molecule has 0 radical (unpaired) electrons. The number of hydrogen-bond acceptors (Lipinski definition) is 4. The third-order valence-corrected chi connectivity index (χ3v) is 5.38. The first-order chi connectivity index (χ1) is 9.98. The van der Waals surface area contributed by atoms with Gasteiger partial charge < -0.3 is 9.73 Å². The van der Waals surface area contributed by atoms with Gasteiger partial charge in [-0.2, -0.15) is 4.31 Å². The molecule has 1 saturated carbocycles. The molecule has 1 aliphatic rings. The molecule has 0 aliphatic heterocycles. The zero-order valence-corrected chi connectivity index (χ0v) is 13.4. The second-order valence-corrected chi connectivity index (χ2v) is 7.24. The lowest BCUT2D eigenvalue weighted by Gasteiger charge is -2.18. The summed E-state index contributed by atoms with van der Waals surface area (Å²) in [7, 11) is -3.59. The van der Waals surface area contributed by atoms with Crippen LogP contribution < -0.4 is 5.32 Å². The lowest BCUT2D eigenvalue weighted by Crippen LogP contribution is -2.32. The van der Waals surface area contributed by atoms with E-state index in [1.807, 2.05) is 6.92 Å². The summed E-state index contributed by atoms with van der Waals surface area (Å²) in [4.78, 5) is 0.221. The summed E-state index contributed by atoms with van der Waals surface area (Å²) in [5, 5.41) is 3.31. The third-order valence-electron chi connectivity index (χ3n) is 3.42. The standard InChI is InChI=1S/C15H22N2O3S/c1-4-8-17(9-5-2)21(18,19)15-10-14(20-12(15)3)11-16-13-6-7-13/h1,10,13,16H,5-9,11H2,2-3H3. The van der Waals surface area contributed by atoms with Crippen LogP contribution in [0, 0.1) is 19.3 Å². The Balaban J connectivity index is 2.19. The number of hydrogen-bond donors (Lipinski definition) is 1. The molecule has 0 amide bonds. The molecule has 1 aromatic heterocycles. The Kier molecular flexibility index (Phi) is 5.09. The van der Waals surface area contributed by atoms with E-state index in [4.69, 9.17) is 10.8 Å². The molecule has 0 spiro atoms. The van der Waals surface area contributed by atoms with Gasteiger partial charge in [0.05, 0.1) is 13.1 Å². The predicted octanol–water partition coefficient (Wildman–Crippen LogP) is 1.87. The minimum Gasteiger partial charge on any atom is -0.464 e. The molecule has 0 bridgehead atoms. The van der Waals surface area contributed by atoms with Crippen LogP contribution >= 0.6 is 0 Å². The zero-order chi connectivity index (χ0) is 15.5. The second kappa shape index (κ2) is 6.65. The quantitative estimate of drug-likeness (QED) is 0.745. The maximum Gasteiger partial charge on any atom is 0.247 e. The molecule has 0 unspecified atom stereocenters. The Morgan fingerprint density at radius 1 is 1.52 bits per heavy atom. The molecule has 2 rings (SSSR count). The summed E-state index contributed by atoms with van der Waals surface area (Å²) in [6, 6.07) is 2.16. The first kappa shape index (κ1) is 16.1. The lowest BCUT2D eigenvalue weighted by atomic mass is 10.4. The van der Waals surface area contributed by atoms with Crippen molar-refractivity contribution >= 4 is 10.0 Å². The van der Waals surface area contributed by atoms with Crippen molar-refractivity contribution in [1.29, 1.82) is 0 Å². The van der Waals surface area contributed by atoms with Gasteiger partial charge in [-0.3, -0.25) is 0 Å². The minimum absolute atomic E-state index is 0.0798. The molecule has 1 aliphatic carbocycles. The van der Waals surface area contributed by atoms with Crippen LogP contribution in [-0.4, -0.2) is 31.9 Å². The smallest absolute Gasteiger partial charge is 0.247 e. The maximum absolute atomic E-state index is 12.6. The Morgan fingerprint density at radius 2 is 2.24 bits per heavy atom. The number of sulfonamides is 1. The van der Waals surface area contributed by atoms with Gasteiger partial charge in [0, 0.05) is 18.7 Å². The maximum atomic E-state index is 12.6. The lowest BCUT2D eigenvalue weighted by molar-refractivity contribution is 0.437. The normalized spacial score (nSPS) is 15.3. The van der Waals surface area contributed by atoms with Crippen molar-refractivity contribution in [2.75, 3.05) is 13.1 Å². The van der Waals surface area contributed by atoms with Crippen LogP contribution in [0.5, 0.6) is 0 Å². The molecule has 1 aromatic rings. The molecule has 1 fully saturated rings. The highest BCUT2D eigenvalue weighted by Gasteiger charge is 2.28. The van der Waals surface area contributed by atoms with Crippen LogP contribution in [0.15, 0.2) is 15.4 Å². The van der Waals surface area contributed by atoms with Crippen LogP contribution in [-0.2, 0) is 16.6 Å². The summed E-state index contributed by atoms with van der Waals surface area (Å²) < 4.78 is 32.2. The molecule has 1 heterocycles. The second-order valence-electron chi connectivity index (χ2n) is 5.33. The van der Waals surface area contributed by atoms with Crippen LogP contribution in [0.1, 0.15) is 37.7 Å². The SMILES string of the molecule is C#CCN(CCC)S(=O)(=O)c1cc(CNC2CC2)oc1C. The van der Waals surface area contributed by atoms with E-state index in [0.29, 0.717) is 37.1 Å². The monoisotopic (exact) mass is 310 g/mol. The summed E-state index contributed by atoms with van der Waals surface area (Å²) in [6.07, 6.45) is 8.35. The molecular formula is C15H22N2O3S. The van der Waals surface area contributed by atoms with Crippen molar-refractivity contribution in [3.05, 3.63) is 17.6 Å². The van der Waals surface area contributed by atoms with Gasteiger partial charge >= 0.3 is 0 Å². The highest BCUT2D eigenvalue weighted by Crippen LogP contribution is 2.25. The first-order valence-electron chi connectivity index (χ1n) is 7.25. The number of terminal acetylenes is 1. The Hall–Kier alpha value is -1.29. The topological polar surface area (TPSA) is 62.6 Å². The van der Waals surface area contributed by atoms with Gasteiger partial charge in [-0.1, -0.05) is 12.8 Å². The Bertz CT molecular complexity index is 624. The Morgan fingerprint density at radius 3 is 2.81 bits per heavy atom. The van der Waals surface area contributed by atoms with Crippen molar-refractivity contribution in [1.82, 2.24) is 9.62 Å². The van der Waals surface area contributed by atoms with Gasteiger partial charge in [-0.05, 0) is 26.2 Å². The van der Waals surface area contributed by atoms with Crippen molar-refractivity contribution in [2.45, 2.75) is 50.6 Å². The van der Waals surface area contributed by atoms with Gasteiger partial charge in [0.15, 0.2) is 0 Å². The van der Waals surface area contributed by atoms with Gasteiger partial charge in [0.2, 0.25) is 10.0 Å². The van der Waals surface area contributed by atoms with Crippen LogP contribution in [0.4, 0.5) is 0 Å². The minimum atomic E-state index is -3.59. The van der Waals surface area contributed by atoms with E-state index in [0.717, 1.165) is 0 Å². The molecule has 0 aromatic carbocycles. The fourth-order valence-corrected chi connectivity index (χ4v) is 3.81. The average molecular weight is 310 g/mol. The summed E-state index contributed by atoms with van der Waals surface area (Å²) in [5.41, 5.74) is 0. The van der Waals surface area contributed by atoms with E-state index < -0.39 is 10.0 Å². The largest absolute Gasteiger partial charge is 0.464 e. The number of rotatable bonds is 8. The number of aryl methyl sites for hydroxylation is 1. The molecule has 5 nitrogen and oxygen atoms in total. The van der Waals surface area contributed by atoms with Crippen molar-refractivity contribution < 1.29 is 12.8 Å². The molecular weight excluding hydrogens is 288 g/mol. The fraction of sp³-hybridized carbons (Fsp3) is 0.600. The van der Waals surface area contributed by atoms with Gasteiger partial charge in [0.1, 0.15) is 16.4 Å². The highest BCUT2D eigenvalue weighted by atomic mass is 32.2. The first-order valence-corrected chi connectivity index (χ1v) is 8.69. The van der Waals surface area contributed by atoms with E-state index in [2.05, 4.69) is 11.2 Å². The summed E-state index contributed by atoms with van der Waals surface area (Å²) in [6.45, 7) is 4.65. The number of nitrogens with zero attached hydrogens (tertiary/aromatic N) is 1. The third kappa shape index (κ3) is 3.88. The van der Waals surface area contributed by atoms with Crippen LogP contribution in [0.3, 0.4) is 0 Å². The molecule has 21 heavy (non-hydrogen) atoms. The van der Waals surface area contributed by atoms with Crippen molar-refractivity contribution in [3.63, 3.8) is 0 Å². The molecule has 6 heteroatoms. The Labute approximate surface area is 126 Å². The zero-order valence-electron chi connectivity index (χ0n) is 12.6. The molecule has 0 atom stereocenters. The van der Waals surface area contributed by atoms with E-state index in [1.54, 1.807) is 13.0 Å². The fourth-order valence-electron chi connectivity index (χ4n) is 2.17. The van der Waals surface area contributed by atoms with Crippen molar-refractivity contribution in [2.24, 2.45) is 0 Å². The number of nitrogens with one attached hydrogen (secondary N) is 1. The molecule has 0 saturated heterocycles. The van der Waals surface area contributed by atoms with E-state index in [1.165, 1.54) is 17.1 Å². The van der Waals surface area contributed by atoms with Gasteiger partial charge in [0.25, 0.3) is 0 Å². The summed E-state index contributed by atoms with van der Waals surface area (Å²) in [5.74, 6) is 3.47. The van der Waals surface area contributed by atoms with Crippen LogP contribution in [0.25, 0.3) is 0 Å². The summed E-state index contributed by atoms with van der Waals surface area (Å²) >= 11 is 0. The van der Waals surface area contributed by atoms with Crippen molar-refractivity contribution in [3.8, 4) is 12.3 Å². The number of furan rings is 1. The van der Waals surface area contributed by atoms with E-state index >= 15 is 0 Å². The predicted molar refractivity (Wildman–Crippen MR) is 81.2 cm³/mol. The van der Waals surface area contributed by atoms with Gasteiger partial charge in [-0.25, -0.2) is 8.42 Å². The van der Waals surface area contributed by atoms with E-state index in [9.17, 15) is 8.42 Å². The molecule has 116 valence electrons. The van der Waals surface area contributed by atoms with E-state index in [-0.39, 0.29) is 11.4 Å².